The molecule has 0 aliphatic rings. The zero-order chi connectivity index (χ0) is 14.7. The highest BCUT2D eigenvalue weighted by molar-refractivity contribution is 5.29. The Bertz CT molecular complexity index is 575. The van der Waals surface area contributed by atoms with E-state index in [1.807, 2.05) is 23.0 Å². The van der Waals surface area contributed by atoms with Crippen LogP contribution in [0.15, 0.2) is 24.5 Å². The topological polar surface area (TPSA) is 66.0 Å². The summed E-state index contributed by atoms with van der Waals surface area (Å²) in [5, 5.41) is 4.25. The smallest absolute Gasteiger partial charge is 0.219 e. The molecule has 2 aromatic heterocycles. The summed E-state index contributed by atoms with van der Waals surface area (Å²) in [6, 6.07) is 4.20. The third kappa shape index (κ3) is 3.36. The fourth-order valence-corrected chi connectivity index (χ4v) is 1.82. The average molecular weight is 274 g/mol. The third-order valence-electron chi connectivity index (χ3n) is 3.04. The molecule has 0 atom stereocenters. The molecule has 5 heteroatoms. The molecular weight excluding hydrogens is 252 g/mol. The van der Waals surface area contributed by atoms with Crippen LogP contribution < -0.4 is 10.5 Å². The second-order valence-electron chi connectivity index (χ2n) is 5.45. The highest BCUT2D eigenvalue weighted by Crippen LogP contribution is 2.24. The Hall–Kier alpha value is -1.88. The van der Waals surface area contributed by atoms with Crippen molar-refractivity contribution in [3.05, 3.63) is 35.8 Å². The van der Waals surface area contributed by atoms with Gasteiger partial charge in [-0.15, -0.1) is 0 Å². The van der Waals surface area contributed by atoms with Gasteiger partial charge in [-0.05, 0) is 31.4 Å². The molecule has 0 aliphatic carbocycles. The van der Waals surface area contributed by atoms with E-state index >= 15 is 0 Å². The fourth-order valence-electron chi connectivity index (χ4n) is 1.82. The number of rotatable bonds is 5. The minimum Gasteiger partial charge on any atom is -0.436 e. The van der Waals surface area contributed by atoms with Crippen LogP contribution in [0.2, 0.25) is 0 Å². The first kappa shape index (κ1) is 14.5. The van der Waals surface area contributed by atoms with Crippen LogP contribution in [-0.4, -0.2) is 14.8 Å². The second kappa shape index (κ2) is 6.05. The number of hydrogen-bond donors (Lipinski definition) is 1. The van der Waals surface area contributed by atoms with Crippen molar-refractivity contribution in [2.75, 3.05) is 0 Å². The first-order chi connectivity index (χ1) is 9.49. The molecule has 0 unspecified atom stereocenters. The molecule has 0 saturated heterocycles. The van der Waals surface area contributed by atoms with Gasteiger partial charge in [0, 0.05) is 24.3 Å². The van der Waals surface area contributed by atoms with Gasteiger partial charge in [-0.3, -0.25) is 4.68 Å². The van der Waals surface area contributed by atoms with Crippen LogP contribution in [-0.2, 0) is 6.54 Å². The molecule has 0 amide bonds. The van der Waals surface area contributed by atoms with Crippen molar-refractivity contribution in [1.82, 2.24) is 14.8 Å². The number of nitrogens with zero attached hydrogens (tertiary/aromatic N) is 3. The zero-order valence-electron chi connectivity index (χ0n) is 12.5. The lowest BCUT2D eigenvalue weighted by Gasteiger charge is -2.10. The summed E-state index contributed by atoms with van der Waals surface area (Å²) >= 11 is 0. The lowest BCUT2D eigenvalue weighted by Crippen LogP contribution is -2.02. The van der Waals surface area contributed by atoms with E-state index in [0.717, 1.165) is 11.3 Å². The van der Waals surface area contributed by atoms with Crippen molar-refractivity contribution < 1.29 is 4.74 Å². The van der Waals surface area contributed by atoms with Crippen LogP contribution >= 0.6 is 0 Å². The lowest BCUT2D eigenvalue weighted by atomic mass is 10.1. The van der Waals surface area contributed by atoms with Gasteiger partial charge in [-0.2, -0.15) is 5.10 Å². The minimum atomic E-state index is 0.307. The number of aromatic nitrogens is 3. The van der Waals surface area contributed by atoms with Gasteiger partial charge >= 0.3 is 0 Å². The summed E-state index contributed by atoms with van der Waals surface area (Å²) in [4.78, 5) is 4.52. The summed E-state index contributed by atoms with van der Waals surface area (Å²) in [5.74, 6) is 1.59. The SMILES string of the molecule is CC(C)c1cc(CN)cc(Oc2cnn(C(C)C)c2)n1. The maximum atomic E-state index is 5.79. The molecule has 0 bridgehead atoms. The maximum Gasteiger partial charge on any atom is 0.219 e. The number of ether oxygens (including phenoxy) is 1. The number of nitrogens with two attached hydrogens (primary N) is 1. The monoisotopic (exact) mass is 274 g/mol. The molecule has 0 radical (unpaired) electrons. The van der Waals surface area contributed by atoms with Crippen LogP contribution in [0.3, 0.4) is 0 Å². The quantitative estimate of drug-likeness (QED) is 0.909. The van der Waals surface area contributed by atoms with Gasteiger partial charge < -0.3 is 10.5 Å². The fraction of sp³-hybridized carbons (Fsp3) is 0.467. The van der Waals surface area contributed by atoms with Crippen molar-refractivity contribution in [2.45, 2.75) is 46.2 Å². The number of pyridine rings is 1. The summed E-state index contributed by atoms with van der Waals surface area (Å²) < 4.78 is 7.65. The second-order valence-corrected chi connectivity index (χ2v) is 5.45. The third-order valence-corrected chi connectivity index (χ3v) is 3.04. The summed E-state index contributed by atoms with van der Waals surface area (Å²) in [5.41, 5.74) is 7.73. The van der Waals surface area contributed by atoms with E-state index in [1.165, 1.54) is 0 Å². The largest absolute Gasteiger partial charge is 0.436 e. The van der Waals surface area contributed by atoms with E-state index in [1.54, 1.807) is 6.20 Å². The lowest BCUT2D eigenvalue weighted by molar-refractivity contribution is 0.455. The molecule has 0 spiro atoms. The molecule has 0 aliphatic heterocycles. The Morgan fingerprint density at radius 3 is 2.55 bits per heavy atom. The Morgan fingerprint density at radius 2 is 2.00 bits per heavy atom. The van der Waals surface area contributed by atoms with Crippen molar-refractivity contribution in [3.8, 4) is 11.6 Å². The molecule has 0 fully saturated rings. The van der Waals surface area contributed by atoms with Crippen LogP contribution in [0.25, 0.3) is 0 Å². The van der Waals surface area contributed by atoms with Crippen LogP contribution in [0.1, 0.15) is 50.9 Å². The van der Waals surface area contributed by atoms with E-state index in [-0.39, 0.29) is 0 Å². The van der Waals surface area contributed by atoms with E-state index in [9.17, 15) is 0 Å². The Morgan fingerprint density at radius 1 is 1.25 bits per heavy atom. The van der Waals surface area contributed by atoms with Gasteiger partial charge in [0.2, 0.25) is 5.88 Å². The summed E-state index contributed by atoms with van der Waals surface area (Å²) in [6.45, 7) is 8.82. The van der Waals surface area contributed by atoms with E-state index in [4.69, 9.17) is 10.5 Å². The van der Waals surface area contributed by atoms with E-state index in [0.29, 0.717) is 30.1 Å². The van der Waals surface area contributed by atoms with Crippen molar-refractivity contribution in [1.29, 1.82) is 0 Å². The Kier molecular flexibility index (Phi) is 4.39. The minimum absolute atomic E-state index is 0.307. The van der Waals surface area contributed by atoms with Gasteiger partial charge in [0.25, 0.3) is 0 Å². The zero-order valence-corrected chi connectivity index (χ0v) is 12.5. The van der Waals surface area contributed by atoms with Gasteiger partial charge in [0.1, 0.15) is 0 Å². The molecular formula is C15H22N4O. The number of hydrogen-bond acceptors (Lipinski definition) is 4. The summed E-state index contributed by atoms with van der Waals surface area (Å²) in [6.07, 6.45) is 3.57. The predicted octanol–water partition coefficient (Wildman–Crippen LogP) is 3.23. The first-order valence-electron chi connectivity index (χ1n) is 6.92. The standard InChI is InChI=1S/C15H22N4O/c1-10(2)14-5-12(7-16)6-15(18-14)20-13-8-17-19(9-13)11(3)4/h5-6,8-11H,7,16H2,1-4H3. The van der Waals surface area contributed by atoms with Crippen molar-refractivity contribution in [3.63, 3.8) is 0 Å². The molecule has 20 heavy (non-hydrogen) atoms. The molecule has 108 valence electrons. The molecule has 0 aromatic carbocycles. The van der Waals surface area contributed by atoms with Gasteiger partial charge in [-0.1, -0.05) is 13.8 Å². The molecule has 0 saturated carbocycles. The molecule has 5 nitrogen and oxygen atoms in total. The molecule has 2 N–H and O–H groups in total. The van der Waals surface area contributed by atoms with Crippen molar-refractivity contribution in [2.24, 2.45) is 5.73 Å². The first-order valence-corrected chi connectivity index (χ1v) is 6.92. The molecule has 2 heterocycles. The van der Waals surface area contributed by atoms with Gasteiger partial charge in [-0.25, -0.2) is 4.98 Å². The van der Waals surface area contributed by atoms with Crippen molar-refractivity contribution >= 4 is 0 Å². The molecule has 2 aromatic rings. The highest BCUT2D eigenvalue weighted by atomic mass is 16.5. The summed E-state index contributed by atoms with van der Waals surface area (Å²) in [7, 11) is 0. The highest BCUT2D eigenvalue weighted by Gasteiger charge is 2.09. The van der Waals surface area contributed by atoms with Crippen LogP contribution in [0.4, 0.5) is 0 Å². The normalized spacial score (nSPS) is 11.3. The van der Waals surface area contributed by atoms with Crippen LogP contribution in [0, 0.1) is 0 Å². The van der Waals surface area contributed by atoms with E-state index < -0.39 is 0 Å². The predicted molar refractivity (Wildman–Crippen MR) is 78.9 cm³/mol. The van der Waals surface area contributed by atoms with Crippen LogP contribution in [0.5, 0.6) is 11.6 Å². The average Bonchev–Trinajstić information content (AvgIpc) is 2.87. The van der Waals surface area contributed by atoms with E-state index in [2.05, 4.69) is 37.8 Å². The van der Waals surface area contributed by atoms with Gasteiger partial charge in [0.15, 0.2) is 5.75 Å². The van der Waals surface area contributed by atoms with Gasteiger partial charge in [0.05, 0.1) is 12.4 Å². The Balaban J connectivity index is 2.25. The Labute approximate surface area is 119 Å². The maximum absolute atomic E-state index is 5.79. The molecule has 2 rings (SSSR count).